The molecule has 1 amide bonds. The average molecular weight is 489 g/mol. The van der Waals surface area contributed by atoms with Crippen molar-refractivity contribution in [2.45, 2.75) is 19.9 Å². The number of ketones is 1. The molecule has 35 heavy (non-hydrogen) atoms. The van der Waals surface area contributed by atoms with Gasteiger partial charge < -0.3 is 9.84 Å². The van der Waals surface area contributed by atoms with E-state index >= 15 is 0 Å². The summed E-state index contributed by atoms with van der Waals surface area (Å²) in [6.07, 6.45) is 0. The second kappa shape index (κ2) is 8.96. The van der Waals surface area contributed by atoms with Crippen molar-refractivity contribution in [3.8, 4) is 5.75 Å². The highest BCUT2D eigenvalue weighted by Crippen LogP contribution is 2.44. The molecule has 2 heterocycles. The maximum absolute atomic E-state index is 13.7. The summed E-state index contributed by atoms with van der Waals surface area (Å²) in [5.74, 6) is -1.79. The van der Waals surface area contributed by atoms with E-state index in [0.29, 0.717) is 34.1 Å². The van der Waals surface area contributed by atoms with Gasteiger partial charge in [0.15, 0.2) is 5.13 Å². The lowest BCUT2D eigenvalue weighted by Crippen LogP contribution is -2.29. The first-order valence-electron chi connectivity index (χ1n) is 11.0. The van der Waals surface area contributed by atoms with Crippen molar-refractivity contribution in [1.82, 2.24) is 4.98 Å². The number of hydrogen-bond acceptors (Lipinski definition) is 6. The first-order chi connectivity index (χ1) is 16.9. The summed E-state index contributed by atoms with van der Waals surface area (Å²) in [4.78, 5) is 32.4. The Kier molecular flexibility index (Phi) is 5.82. The summed E-state index contributed by atoms with van der Waals surface area (Å²) in [5.41, 5.74) is 2.50. The maximum atomic E-state index is 13.7. The molecular weight excluding hydrogens is 467 g/mol. The lowest BCUT2D eigenvalue weighted by atomic mass is 9.95. The molecule has 8 heteroatoms. The number of aliphatic hydroxyl groups is 1. The van der Waals surface area contributed by atoms with E-state index in [-0.39, 0.29) is 11.3 Å². The second-order valence-electron chi connectivity index (χ2n) is 8.15. The van der Waals surface area contributed by atoms with Crippen LogP contribution in [0.5, 0.6) is 5.75 Å². The van der Waals surface area contributed by atoms with Crippen molar-refractivity contribution in [2.24, 2.45) is 0 Å². The minimum absolute atomic E-state index is 0.0822. The number of fused-ring (bicyclic) bond motifs is 1. The largest absolute Gasteiger partial charge is 0.507 e. The van der Waals surface area contributed by atoms with E-state index in [9.17, 15) is 19.1 Å². The minimum atomic E-state index is -0.969. The lowest BCUT2D eigenvalue weighted by molar-refractivity contribution is -0.132. The molecule has 176 valence electrons. The zero-order chi connectivity index (χ0) is 24.7. The van der Waals surface area contributed by atoms with Crippen LogP contribution in [0.4, 0.5) is 9.52 Å². The second-order valence-corrected chi connectivity index (χ2v) is 9.15. The van der Waals surface area contributed by atoms with Gasteiger partial charge in [0, 0.05) is 5.56 Å². The fourth-order valence-electron chi connectivity index (χ4n) is 4.14. The highest BCUT2D eigenvalue weighted by molar-refractivity contribution is 7.22. The lowest BCUT2D eigenvalue weighted by Gasteiger charge is -2.23. The number of halogens is 1. The summed E-state index contributed by atoms with van der Waals surface area (Å²) in [6, 6.07) is 16.9. The first kappa shape index (κ1) is 22.7. The van der Waals surface area contributed by atoms with Gasteiger partial charge in [0.1, 0.15) is 17.3 Å². The molecule has 0 spiro atoms. The molecule has 4 aromatic rings. The first-order valence-corrected chi connectivity index (χ1v) is 11.9. The van der Waals surface area contributed by atoms with E-state index in [1.54, 1.807) is 24.3 Å². The van der Waals surface area contributed by atoms with Crippen LogP contribution in [0.2, 0.25) is 0 Å². The van der Waals surface area contributed by atoms with Crippen molar-refractivity contribution >= 4 is 44.1 Å². The Morgan fingerprint density at radius 1 is 1.09 bits per heavy atom. The number of rotatable bonds is 5. The molecule has 1 saturated heterocycles. The number of ether oxygens (including phenoxy) is 1. The van der Waals surface area contributed by atoms with Gasteiger partial charge in [-0.15, -0.1) is 0 Å². The number of thiazole rings is 1. The van der Waals surface area contributed by atoms with Gasteiger partial charge in [-0.2, -0.15) is 0 Å². The molecule has 6 nitrogen and oxygen atoms in total. The molecule has 3 aromatic carbocycles. The standard InChI is InChI=1S/C27H21FN2O4S/c1-3-34-19-11-7-17(8-12-19)24(31)22-23(16-5-9-18(28)10-6-16)30(26(33)25(22)32)27-29-20-13-4-15(2)14-21(20)35-27/h4-14,23,31H,3H2,1-2H3/t23-/m1/s1. The summed E-state index contributed by atoms with van der Waals surface area (Å²) in [7, 11) is 0. The Morgan fingerprint density at radius 2 is 1.80 bits per heavy atom. The third-order valence-corrected chi connectivity index (χ3v) is 6.83. The number of aromatic nitrogens is 1. The van der Waals surface area contributed by atoms with Gasteiger partial charge in [-0.25, -0.2) is 9.37 Å². The van der Waals surface area contributed by atoms with Crippen LogP contribution in [0.15, 0.2) is 72.3 Å². The van der Waals surface area contributed by atoms with Crippen LogP contribution in [-0.4, -0.2) is 28.4 Å². The van der Waals surface area contributed by atoms with Gasteiger partial charge in [-0.3, -0.25) is 14.5 Å². The van der Waals surface area contributed by atoms with E-state index in [2.05, 4.69) is 4.98 Å². The zero-order valence-corrected chi connectivity index (χ0v) is 19.8. The van der Waals surface area contributed by atoms with Crippen LogP contribution >= 0.6 is 11.3 Å². The molecule has 5 rings (SSSR count). The van der Waals surface area contributed by atoms with Crippen molar-refractivity contribution in [3.63, 3.8) is 0 Å². The number of anilines is 1. The molecule has 1 N–H and O–H groups in total. The number of carbonyl (C=O) groups is 2. The molecular formula is C27H21FN2O4S. The van der Waals surface area contributed by atoms with Gasteiger partial charge in [0.05, 0.1) is 28.4 Å². The van der Waals surface area contributed by atoms with Gasteiger partial charge in [-0.1, -0.05) is 29.5 Å². The molecule has 0 unspecified atom stereocenters. The van der Waals surface area contributed by atoms with Crippen molar-refractivity contribution in [2.75, 3.05) is 11.5 Å². The fourth-order valence-corrected chi connectivity index (χ4v) is 5.23. The third kappa shape index (κ3) is 4.06. The van der Waals surface area contributed by atoms with E-state index in [1.165, 1.54) is 40.5 Å². The Morgan fingerprint density at radius 3 is 2.49 bits per heavy atom. The third-order valence-electron chi connectivity index (χ3n) is 5.81. The number of aliphatic hydroxyl groups excluding tert-OH is 1. The zero-order valence-electron chi connectivity index (χ0n) is 19.0. The number of Topliss-reactive ketones (excluding diaryl/α,β-unsaturated/α-hetero) is 1. The highest BCUT2D eigenvalue weighted by Gasteiger charge is 2.48. The monoisotopic (exact) mass is 488 g/mol. The van der Waals surface area contributed by atoms with Crippen LogP contribution in [0, 0.1) is 12.7 Å². The van der Waals surface area contributed by atoms with Crippen LogP contribution in [0.1, 0.15) is 29.7 Å². The Hall–Kier alpha value is -4.04. The van der Waals surface area contributed by atoms with Crippen LogP contribution in [-0.2, 0) is 9.59 Å². The smallest absolute Gasteiger partial charge is 0.301 e. The summed E-state index contributed by atoms with van der Waals surface area (Å²) in [6.45, 7) is 4.31. The van der Waals surface area contributed by atoms with E-state index in [0.717, 1.165) is 10.3 Å². The highest BCUT2D eigenvalue weighted by atomic mass is 32.1. The minimum Gasteiger partial charge on any atom is -0.507 e. The number of amides is 1. The van der Waals surface area contributed by atoms with Crippen LogP contribution in [0.3, 0.4) is 0 Å². The van der Waals surface area contributed by atoms with Crippen LogP contribution in [0.25, 0.3) is 16.0 Å². The fraction of sp³-hybridized carbons (Fsp3) is 0.148. The molecule has 0 saturated carbocycles. The van der Waals surface area contributed by atoms with E-state index < -0.39 is 23.5 Å². The molecule has 0 radical (unpaired) electrons. The quantitative estimate of drug-likeness (QED) is 0.219. The number of aryl methyl sites for hydroxylation is 1. The normalized spacial score (nSPS) is 17.3. The topological polar surface area (TPSA) is 79.7 Å². The van der Waals surface area contributed by atoms with Gasteiger partial charge in [-0.05, 0) is 73.5 Å². The Labute approximate surface area is 204 Å². The molecule has 1 fully saturated rings. The Balaban J connectivity index is 1.68. The van der Waals surface area contributed by atoms with Crippen molar-refractivity contribution < 1.29 is 23.8 Å². The Bertz CT molecular complexity index is 1480. The van der Waals surface area contributed by atoms with E-state index in [1.807, 2.05) is 32.0 Å². The number of benzene rings is 3. The summed E-state index contributed by atoms with van der Waals surface area (Å²) < 4.78 is 20.0. The molecule has 0 bridgehead atoms. The number of carbonyl (C=O) groups excluding carboxylic acids is 2. The molecule has 1 aliphatic heterocycles. The summed E-state index contributed by atoms with van der Waals surface area (Å²) >= 11 is 1.28. The van der Waals surface area contributed by atoms with Crippen molar-refractivity contribution in [1.29, 1.82) is 0 Å². The molecule has 0 aliphatic carbocycles. The van der Waals surface area contributed by atoms with E-state index in [4.69, 9.17) is 4.74 Å². The average Bonchev–Trinajstić information content (AvgIpc) is 3.37. The van der Waals surface area contributed by atoms with Gasteiger partial charge >= 0.3 is 5.91 Å². The van der Waals surface area contributed by atoms with Gasteiger partial charge in [0.25, 0.3) is 5.78 Å². The maximum Gasteiger partial charge on any atom is 0.301 e. The predicted molar refractivity (Wildman–Crippen MR) is 133 cm³/mol. The summed E-state index contributed by atoms with van der Waals surface area (Å²) in [5, 5.41) is 11.5. The molecule has 1 aromatic heterocycles. The van der Waals surface area contributed by atoms with Crippen molar-refractivity contribution in [3.05, 3.63) is 94.8 Å². The van der Waals surface area contributed by atoms with Gasteiger partial charge in [0.2, 0.25) is 0 Å². The molecule has 1 atom stereocenters. The number of nitrogens with zero attached hydrogens (tertiary/aromatic N) is 2. The van der Waals surface area contributed by atoms with Crippen LogP contribution < -0.4 is 9.64 Å². The predicted octanol–water partition coefficient (Wildman–Crippen LogP) is 5.77. The SMILES string of the molecule is CCOc1ccc(C(O)=C2C(=O)C(=O)N(c3nc4ccc(C)cc4s3)[C@@H]2c2ccc(F)cc2)cc1. The number of hydrogen-bond donors (Lipinski definition) is 1. The molecule has 1 aliphatic rings.